The molecule has 0 saturated heterocycles. The van der Waals surface area contributed by atoms with Crippen molar-refractivity contribution in [1.29, 1.82) is 0 Å². The number of hydrogen-bond donors (Lipinski definition) is 0. The van der Waals surface area contributed by atoms with Gasteiger partial charge in [0.15, 0.2) is 0 Å². The van der Waals surface area contributed by atoms with Gasteiger partial charge in [0.25, 0.3) is 0 Å². The number of aryl methyl sites for hydroxylation is 2. The van der Waals surface area contributed by atoms with E-state index in [1.54, 1.807) is 0 Å². The molecule has 0 amide bonds. The first-order valence-corrected chi connectivity index (χ1v) is 7.51. The molecule has 0 fully saturated rings. The normalized spacial score (nSPS) is 12.1. The summed E-state index contributed by atoms with van der Waals surface area (Å²) in [5.41, 5.74) is 2.97. The molecule has 0 atom stereocenters. The van der Waals surface area contributed by atoms with Gasteiger partial charge >= 0.3 is 6.18 Å². The number of nitrogens with zero attached hydrogens (tertiary/aromatic N) is 1. The van der Waals surface area contributed by atoms with Gasteiger partial charge in [-0.1, -0.05) is 15.9 Å². The predicted molar refractivity (Wildman–Crippen MR) is 85.5 cm³/mol. The van der Waals surface area contributed by atoms with Crippen LogP contribution in [0.4, 0.5) is 13.2 Å². The lowest BCUT2D eigenvalue weighted by atomic mass is 10.1. The van der Waals surface area contributed by atoms with Crippen LogP contribution in [-0.4, -0.2) is 4.57 Å². The van der Waals surface area contributed by atoms with Crippen molar-refractivity contribution < 1.29 is 13.2 Å². The minimum atomic E-state index is -4.32. The summed E-state index contributed by atoms with van der Waals surface area (Å²) >= 11 is 3.46. The van der Waals surface area contributed by atoms with Crippen molar-refractivity contribution in [3.8, 4) is 5.69 Å². The van der Waals surface area contributed by atoms with E-state index in [2.05, 4.69) is 15.9 Å². The van der Waals surface area contributed by atoms with E-state index < -0.39 is 11.7 Å². The van der Waals surface area contributed by atoms with Crippen molar-refractivity contribution in [2.24, 2.45) is 0 Å². The van der Waals surface area contributed by atoms with Crippen LogP contribution in [-0.2, 0) is 6.18 Å². The summed E-state index contributed by atoms with van der Waals surface area (Å²) in [6.45, 7) is 3.80. The van der Waals surface area contributed by atoms with E-state index in [1.165, 1.54) is 12.1 Å². The third kappa shape index (κ3) is 2.65. The fourth-order valence-electron chi connectivity index (χ4n) is 2.64. The second-order valence-electron chi connectivity index (χ2n) is 5.40. The van der Waals surface area contributed by atoms with Crippen LogP contribution in [0, 0.1) is 13.8 Å². The molecule has 1 aromatic heterocycles. The summed E-state index contributed by atoms with van der Waals surface area (Å²) in [7, 11) is 0. The van der Waals surface area contributed by atoms with Crippen molar-refractivity contribution in [3.05, 3.63) is 63.8 Å². The van der Waals surface area contributed by atoms with E-state index in [9.17, 15) is 13.2 Å². The summed E-state index contributed by atoms with van der Waals surface area (Å²) < 4.78 is 41.5. The standard InChI is InChI=1S/C17H13BrF3N/c1-10-5-13(18)8-14(6-10)22-9-11(2)15-7-12(17(19,20)21)3-4-16(15)22/h3-9H,1-2H3. The molecule has 0 radical (unpaired) electrons. The minimum Gasteiger partial charge on any atom is -0.316 e. The van der Waals surface area contributed by atoms with Crippen molar-refractivity contribution in [2.45, 2.75) is 20.0 Å². The molecule has 5 heteroatoms. The Morgan fingerprint density at radius 2 is 1.73 bits per heavy atom. The van der Waals surface area contributed by atoms with E-state index in [1.807, 2.05) is 42.8 Å². The Bertz CT molecular complexity index is 842. The fraction of sp³-hybridized carbons (Fsp3) is 0.176. The first kappa shape index (κ1) is 15.2. The molecule has 0 unspecified atom stereocenters. The quantitative estimate of drug-likeness (QED) is 0.494. The highest BCUT2D eigenvalue weighted by atomic mass is 79.9. The summed E-state index contributed by atoms with van der Waals surface area (Å²) in [4.78, 5) is 0. The Hall–Kier alpha value is -1.75. The van der Waals surface area contributed by atoms with Gasteiger partial charge in [-0.05, 0) is 61.4 Å². The summed E-state index contributed by atoms with van der Waals surface area (Å²) in [5.74, 6) is 0. The van der Waals surface area contributed by atoms with Gasteiger partial charge < -0.3 is 4.57 Å². The Kier molecular flexibility index (Phi) is 3.56. The Labute approximate surface area is 134 Å². The van der Waals surface area contributed by atoms with Gasteiger partial charge in [0, 0.05) is 21.7 Å². The molecule has 0 aliphatic heterocycles. The zero-order valence-corrected chi connectivity index (χ0v) is 13.6. The predicted octanol–water partition coefficient (Wildman–Crippen LogP) is 6.03. The molecular weight excluding hydrogens is 355 g/mol. The number of hydrogen-bond acceptors (Lipinski definition) is 0. The van der Waals surface area contributed by atoms with Crippen LogP contribution in [0.25, 0.3) is 16.6 Å². The van der Waals surface area contributed by atoms with Gasteiger partial charge in [-0.2, -0.15) is 13.2 Å². The largest absolute Gasteiger partial charge is 0.416 e. The highest BCUT2D eigenvalue weighted by molar-refractivity contribution is 9.10. The molecule has 114 valence electrons. The molecule has 0 aliphatic carbocycles. The number of rotatable bonds is 1. The second kappa shape index (κ2) is 5.16. The van der Waals surface area contributed by atoms with E-state index in [4.69, 9.17) is 0 Å². The van der Waals surface area contributed by atoms with Gasteiger partial charge in [0.05, 0.1) is 11.1 Å². The van der Waals surface area contributed by atoms with Gasteiger partial charge in [0.1, 0.15) is 0 Å². The van der Waals surface area contributed by atoms with E-state index in [0.29, 0.717) is 5.39 Å². The van der Waals surface area contributed by atoms with Crippen LogP contribution in [0.3, 0.4) is 0 Å². The van der Waals surface area contributed by atoms with Gasteiger partial charge in [-0.3, -0.25) is 0 Å². The van der Waals surface area contributed by atoms with E-state index >= 15 is 0 Å². The average molecular weight is 368 g/mol. The lowest BCUT2D eigenvalue weighted by Crippen LogP contribution is -2.04. The minimum absolute atomic E-state index is 0.618. The maximum absolute atomic E-state index is 12.9. The lowest BCUT2D eigenvalue weighted by Gasteiger charge is -2.09. The number of alkyl halides is 3. The first-order chi connectivity index (χ1) is 10.3. The van der Waals surface area contributed by atoms with Crippen LogP contribution in [0.15, 0.2) is 47.1 Å². The summed E-state index contributed by atoms with van der Waals surface area (Å²) in [6.07, 6.45) is -2.46. The maximum atomic E-state index is 12.9. The van der Waals surface area contributed by atoms with Crippen LogP contribution >= 0.6 is 15.9 Å². The number of aromatic nitrogens is 1. The zero-order chi connectivity index (χ0) is 16.1. The molecule has 1 nitrogen and oxygen atoms in total. The van der Waals surface area contributed by atoms with E-state index in [0.717, 1.165) is 32.9 Å². The molecule has 2 aromatic carbocycles. The van der Waals surface area contributed by atoms with Crippen molar-refractivity contribution in [2.75, 3.05) is 0 Å². The molecule has 0 aliphatic rings. The Morgan fingerprint density at radius 3 is 2.36 bits per heavy atom. The van der Waals surface area contributed by atoms with Gasteiger partial charge in [-0.25, -0.2) is 0 Å². The monoisotopic (exact) mass is 367 g/mol. The van der Waals surface area contributed by atoms with E-state index in [-0.39, 0.29) is 0 Å². The smallest absolute Gasteiger partial charge is 0.316 e. The van der Waals surface area contributed by atoms with Crippen molar-refractivity contribution in [3.63, 3.8) is 0 Å². The maximum Gasteiger partial charge on any atom is 0.416 e. The SMILES string of the molecule is Cc1cc(Br)cc(-n2cc(C)c3cc(C(F)(F)F)ccc32)c1. The van der Waals surface area contributed by atoms with Gasteiger partial charge in [-0.15, -0.1) is 0 Å². The van der Waals surface area contributed by atoms with Crippen LogP contribution in [0.1, 0.15) is 16.7 Å². The average Bonchev–Trinajstić information content (AvgIpc) is 2.74. The molecule has 1 heterocycles. The van der Waals surface area contributed by atoms with Crippen molar-refractivity contribution in [1.82, 2.24) is 4.57 Å². The highest BCUT2D eigenvalue weighted by Crippen LogP contribution is 2.34. The fourth-order valence-corrected chi connectivity index (χ4v) is 3.24. The third-order valence-electron chi connectivity index (χ3n) is 3.64. The highest BCUT2D eigenvalue weighted by Gasteiger charge is 2.30. The molecule has 0 saturated carbocycles. The topological polar surface area (TPSA) is 4.93 Å². The van der Waals surface area contributed by atoms with Crippen molar-refractivity contribution >= 4 is 26.8 Å². The summed E-state index contributed by atoms with van der Waals surface area (Å²) in [6, 6.07) is 9.81. The van der Waals surface area contributed by atoms with Crippen LogP contribution in [0.2, 0.25) is 0 Å². The molecule has 0 spiro atoms. The van der Waals surface area contributed by atoms with Crippen LogP contribution < -0.4 is 0 Å². The zero-order valence-electron chi connectivity index (χ0n) is 12.0. The molecule has 3 rings (SSSR count). The van der Waals surface area contributed by atoms with Gasteiger partial charge in [0.2, 0.25) is 0 Å². The summed E-state index contributed by atoms with van der Waals surface area (Å²) in [5, 5.41) is 0.618. The number of benzene rings is 2. The first-order valence-electron chi connectivity index (χ1n) is 6.72. The number of fused-ring (bicyclic) bond motifs is 1. The molecule has 22 heavy (non-hydrogen) atoms. The number of halogens is 4. The Balaban J connectivity index is 2.24. The molecular formula is C17H13BrF3N. The lowest BCUT2D eigenvalue weighted by molar-refractivity contribution is -0.137. The third-order valence-corrected chi connectivity index (χ3v) is 4.09. The molecule has 3 aromatic rings. The molecule has 0 bridgehead atoms. The Morgan fingerprint density at radius 1 is 1.00 bits per heavy atom. The molecule has 0 N–H and O–H groups in total. The second-order valence-corrected chi connectivity index (χ2v) is 6.31. The van der Waals surface area contributed by atoms with Crippen LogP contribution in [0.5, 0.6) is 0 Å².